The zero-order valence-electron chi connectivity index (χ0n) is 32.8. The van der Waals surface area contributed by atoms with Gasteiger partial charge in [-0.2, -0.15) is 0 Å². The minimum atomic E-state index is -4.73. The Kier molecular flexibility index (Phi) is 34.4. The van der Waals surface area contributed by atoms with Gasteiger partial charge in [0.1, 0.15) is 12.6 Å². The van der Waals surface area contributed by atoms with E-state index in [1.54, 1.807) is 0 Å². The third kappa shape index (κ3) is 35.7. The van der Waals surface area contributed by atoms with Crippen LogP contribution in [0.4, 0.5) is 0 Å². The Morgan fingerprint density at radius 1 is 0.593 bits per heavy atom. The molecule has 0 aromatic carbocycles. The average molecular weight is 778 g/mol. The van der Waals surface area contributed by atoms with Crippen molar-refractivity contribution in [2.45, 2.75) is 142 Å². The van der Waals surface area contributed by atoms with Crippen LogP contribution in [0.1, 0.15) is 129 Å². The maximum absolute atomic E-state index is 12.5. The molecule has 3 unspecified atom stereocenters. The number of unbranched alkanes of at least 4 members (excludes halogenated alkanes) is 7. The molecule has 0 rings (SSSR count). The first-order chi connectivity index (χ1) is 26.1. The van der Waals surface area contributed by atoms with Crippen molar-refractivity contribution in [2.75, 3.05) is 19.8 Å². The minimum absolute atomic E-state index is 0.0902. The van der Waals surface area contributed by atoms with E-state index in [0.717, 1.165) is 77.0 Å². The lowest BCUT2D eigenvalue weighted by Crippen LogP contribution is -2.34. The summed E-state index contributed by atoms with van der Waals surface area (Å²) in [5, 5.41) is 8.86. The van der Waals surface area contributed by atoms with E-state index >= 15 is 0 Å². The number of hydrogen-bond acceptors (Lipinski definition) is 9. The molecule has 0 bridgehead atoms. The normalized spacial score (nSPS) is 14.7. The fourth-order valence-corrected chi connectivity index (χ4v) is 5.32. The monoisotopic (exact) mass is 777 g/mol. The predicted molar refractivity (Wildman–Crippen MR) is 217 cm³/mol. The molecule has 0 radical (unpaired) electrons. The molecule has 4 N–H and O–H groups in total. The molecule has 0 spiro atoms. The summed E-state index contributed by atoms with van der Waals surface area (Å²) in [6, 6.07) is -1.54. The maximum atomic E-state index is 12.5. The van der Waals surface area contributed by atoms with Crippen molar-refractivity contribution >= 4 is 25.7 Å². The van der Waals surface area contributed by atoms with Crippen LogP contribution in [-0.2, 0) is 37.5 Å². The van der Waals surface area contributed by atoms with Crippen molar-refractivity contribution in [3.05, 3.63) is 85.1 Å². The summed E-state index contributed by atoms with van der Waals surface area (Å²) >= 11 is 0. The molecule has 0 aromatic heterocycles. The number of carbonyl (C=O) groups excluding carboxylic acids is 2. The smallest absolute Gasteiger partial charge is 0.472 e. The first kappa shape index (κ1) is 50.7. The van der Waals surface area contributed by atoms with Crippen LogP contribution in [0, 0.1) is 0 Å². The van der Waals surface area contributed by atoms with E-state index < -0.39 is 57.7 Å². The first-order valence-electron chi connectivity index (χ1n) is 19.6. The molecule has 12 heteroatoms. The Morgan fingerprint density at radius 3 is 1.63 bits per heavy atom. The maximum Gasteiger partial charge on any atom is 0.472 e. The Balaban J connectivity index is 4.55. The van der Waals surface area contributed by atoms with Crippen LogP contribution in [0.2, 0.25) is 0 Å². The molecular formula is C42H68NO10P. The molecule has 0 saturated heterocycles. The number of esters is 2. The van der Waals surface area contributed by atoms with Crippen molar-refractivity contribution in [2.24, 2.45) is 5.73 Å². The zero-order chi connectivity index (χ0) is 40.0. The Morgan fingerprint density at radius 2 is 1.07 bits per heavy atom. The number of rotatable bonds is 35. The van der Waals surface area contributed by atoms with Gasteiger partial charge in [0.2, 0.25) is 0 Å². The van der Waals surface area contributed by atoms with Crippen molar-refractivity contribution in [1.82, 2.24) is 0 Å². The van der Waals surface area contributed by atoms with Gasteiger partial charge >= 0.3 is 25.7 Å². The summed E-state index contributed by atoms with van der Waals surface area (Å²) in [4.78, 5) is 45.7. The molecule has 0 aliphatic carbocycles. The molecule has 306 valence electrons. The Bertz CT molecular complexity index is 1240. The highest BCUT2D eigenvalue weighted by molar-refractivity contribution is 7.47. The van der Waals surface area contributed by atoms with E-state index in [1.165, 1.54) is 12.8 Å². The summed E-state index contributed by atoms with van der Waals surface area (Å²) in [5.41, 5.74) is 5.31. The number of ether oxygens (including phenoxy) is 2. The predicted octanol–water partition coefficient (Wildman–Crippen LogP) is 9.94. The molecule has 0 heterocycles. The van der Waals surface area contributed by atoms with Crippen molar-refractivity contribution in [1.29, 1.82) is 0 Å². The van der Waals surface area contributed by atoms with Gasteiger partial charge in [0.15, 0.2) is 6.10 Å². The molecule has 0 aromatic rings. The Labute approximate surface area is 324 Å². The largest absolute Gasteiger partial charge is 0.480 e. The molecule has 0 fully saturated rings. The molecule has 11 nitrogen and oxygen atoms in total. The van der Waals surface area contributed by atoms with Crippen LogP contribution in [0.3, 0.4) is 0 Å². The third-order valence-electron chi connectivity index (χ3n) is 7.64. The van der Waals surface area contributed by atoms with E-state index in [0.29, 0.717) is 12.8 Å². The topological polar surface area (TPSA) is 172 Å². The van der Waals surface area contributed by atoms with Crippen LogP contribution in [0.5, 0.6) is 0 Å². The lowest BCUT2D eigenvalue weighted by molar-refractivity contribution is -0.161. The number of phosphoric acid groups is 1. The van der Waals surface area contributed by atoms with Gasteiger partial charge in [0, 0.05) is 12.8 Å². The second kappa shape index (κ2) is 36.6. The second-order valence-electron chi connectivity index (χ2n) is 12.7. The van der Waals surface area contributed by atoms with Crippen LogP contribution in [0.25, 0.3) is 0 Å². The van der Waals surface area contributed by atoms with Gasteiger partial charge in [-0.25, -0.2) is 4.57 Å². The van der Waals surface area contributed by atoms with Gasteiger partial charge < -0.3 is 25.2 Å². The lowest BCUT2D eigenvalue weighted by Gasteiger charge is -2.20. The summed E-state index contributed by atoms with van der Waals surface area (Å²) < 4.78 is 32.5. The van der Waals surface area contributed by atoms with E-state index in [2.05, 4.69) is 91.3 Å². The number of aliphatic carboxylic acids is 1. The van der Waals surface area contributed by atoms with Crippen LogP contribution in [0.15, 0.2) is 85.1 Å². The highest BCUT2D eigenvalue weighted by atomic mass is 31.2. The van der Waals surface area contributed by atoms with Crippen LogP contribution < -0.4 is 5.73 Å². The first-order valence-corrected chi connectivity index (χ1v) is 21.1. The molecule has 0 aliphatic heterocycles. The number of carboxylic acids is 1. The number of nitrogens with two attached hydrogens (primary N) is 1. The van der Waals surface area contributed by atoms with E-state index in [9.17, 15) is 23.8 Å². The van der Waals surface area contributed by atoms with Gasteiger partial charge in [0.05, 0.1) is 13.2 Å². The van der Waals surface area contributed by atoms with Crippen LogP contribution >= 0.6 is 7.82 Å². The summed E-state index contributed by atoms with van der Waals surface area (Å²) in [6.45, 7) is 2.52. The van der Waals surface area contributed by atoms with Crippen LogP contribution in [-0.4, -0.2) is 59.9 Å². The minimum Gasteiger partial charge on any atom is -0.480 e. The highest BCUT2D eigenvalue weighted by Gasteiger charge is 2.28. The lowest BCUT2D eigenvalue weighted by atomic mass is 10.1. The number of phosphoric ester groups is 1. The van der Waals surface area contributed by atoms with Gasteiger partial charge in [-0.05, 0) is 70.6 Å². The summed E-state index contributed by atoms with van der Waals surface area (Å²) in [6.07, 6.45) is 43.9. The molecule has 3 atom stereocenters. The fraction of sp³-hybridized carbons (Fsp3) is 0.595. The summed E-state index contributed by atoms with van der Waals surface area (Å²) in [5.74, 6) is -2.51. The number of carboxylic acid groups (broad SMARTS) is 1. The van der Waals surface area contributed by atoms with Gasteiger partial charge in [-0.1, -0.05) is 131 Å². The quantitative estimate of drug-likeness (QED) is 0.0242. The van der Waals surface area contributed by atoms with Gasteiger partial charge in [0.25, 0.3) is 0 Å². The molecule has 0 amide bonds. The van der Waals surface area contributed by atoms with Gasteiger partial charge in [-0.3, -0.25) is 23.4 Å². The van der Waals surface area contributed by atoms with Crippen molar-refractivity contribution < 1.29 is 47.5 Å². The van der Waals surface area contributed by atoms with Crippen molar-refractivity contribution in [3.8, 4) is 0 Å². The molecule has 54 heavy (non-hydrogen) atoms. The Hall–Kier alpha value is -3.34. The highest BCUT2D eigenvalue weighted by Crippen LogP contribution is 2.43. The summed E-state index contributed by atoms with van der Waals surface area (Å²) in [7, 11) is -4.73. The van der Waals surface area contributed by atoms with E-state index in [4.69, 9.17) is 24.8 Å². The van der Waals surface area contributed by atoms with Crippen molar-refractivity contribution in [3.63, 3.8) is 0 Å². The number of hydrogen-bond donors (Lipinski definition) is 3. The fourth-order valence-electron chi connectivity index (χ4n) is 4.54. The second-order valence-corrected chi connectivity index (χ2v) is 14.1. The average Bonchev–Trinajstić information content (AvgIpc) is 3.14. The molecule has 0 aliphatic rings. The van der Waals surface area contributed by atoms with E-state index in [1.807, 2.05) is 12.2 Å². The SMILES string of the molecule is CCC=CCC=CCC=CCC=CCC=CCC=CCCC(=O)OCC(COP(=O)(O)OCC(N)C(=O)O)OC(=O)CCCCCCCC=CCCCC. The van der Waals surface area contributed by atoms with Gasteiger partial charge in [-0.15, -0.1) is 0 Å². The number of allylic oxidation sites excluding steroid dienone is 14. The number of carbonyl (C=O) groups is 3. The molecular weight excluding hydrogens is 709 g/mol. The molecule has 0 saturated carbocycles. The third-order valence-corrected chi connectivity index (χ3v) is 8.59. The van der Waals surface area contributed by atoms with E-state index in [-0.39, 0.29) is 12.8 Å². The standard InChI is InChI=1S/C42H68NO10P/c1-3-5-7-9-11-13-15-16-17-18-19-20-21-22-24-25-27-29-31-33-40(44)50-35-38(36-51-54(48,49)52-37-39(43)42(46)47)53-41(45)34-32-30-28-26-23-14-12-10-8-6-4-2/h5,7,10-13,16-17,19-20,22,24,27,29,38-39H,3-4,6,8-9,14-15,18,21,23,25-26,28,30-37,43H2,1-2H3,(H,46,47)(H,48,49). The zero-order valence-corrected chi connectivity index (χ0v) is 33.7.